The number of anilines is 2. The van der Waals surface area contributed by atoms with Crippen LogP contribution in [0, 0.1) is 0 Å². The molecule has 2 aliphatic heterocycles. The highest BCUT2D eigenvalue weighted by Crippen LogP contribution is 2.32. The third-order valence-corrected chi connectivity index (χ3v) is 5.02. The predicted octanol–water partition coefficient (Wildman–Crippen LogP) is 1.50. The molecule has 28 heavy (non-hydrogen) atoms. The van der Waals surface area contributed by atoms with E-state index < -0.39 is 0 Å². The van der Waals surface area contributed by atoms with Crippen molar-refractivity contribution in [2.75, 3.05) is 70.4 Å². The molecule has 2 aromatic rings. The highest BCUT2D eigenvalue weighted by molar-refractivity contribution is 5.45. The third kappa shape index (κ3) is 4.63. The van der Waals surface area contributed by atoms with Gasteiger partial charge in [0.15, 0.2) is 11.5 Å². The summed E-state index contributed by atoms with van der Waals surface area (Å²) in [7, 11) is 4.12. The first-order valence-corrected chi connectivity index (χ1v) is 9.75. The Hall–Kier alpha value is -2.58. The number of likely N-dealkylation sites (N-methyl/N-ethyl adjacent to an activating group) is 1. The Morgan fingerprint density at radius 2 is 1.89 bits per heavy atom. The van der Waals surface area contributed by atoms with Crippen LogP contribution in [0.3, 0.4) is 0 Å². The van der Waals surface area contributed by atoms with Crippen LogP contribution < -0.4 is 19.7 Å². The number of benzene rings is 1. The van der Waals surface area contributed by atoms with E-state index in [1.54, 1.807) is 0 Å². The average Bonchev–Trinajstić information content (AvgIpc) is 3.16. The molecule has 0 spiro atoms. The lowest BCUT2D eigenvalue weighted by Gasteiger charge is -2.35. The lowest BCUT2D eigenvalue weighted by Crippen LogP contribution is -2.46. The predicted molar refractivity (Wildman–Crippen MR) is 109 cm³/mol. The molecule has 0 unspecified atom stereocenters. The van der Waals surface area contributed by atoms with Gasteiger partial charge in [0.2, 0.25) is 12.7 Å². The number of hydrogen-bond acceptors (Lipinski definition) is 8. The molecule has 0 saturated carbocycles. The van der Waals surface area contributed by atoms with Gasteiger partial charge in [0.05, 0.1) is 0 Å². The SMILES string of the molecule is CN(C)CCNc1nccc(N2CCN(Cc3ccc4c(c3)OCO4)CC2)n1. The normalized spacial score (nSPS) is 16.6. The van der Waals surface area contributed by atoms with Gasteiger partial charge in [-0.05, 0) is 37.9 Å². The Morgan fingerprint density at radius 3 is 2.71 bits per heavy atom. The molecular formula is C20H28N6O2. The molecule has 0 atom stereocenters. The van der Waals surface area contributed by atoms with E-state index in [2.05, 4.69) is 56.2 Å². The summed E-state index contributed by atoms with van der Waals surface area (Å²) >= 11 is 0. The number of nitrogens with one attached hydrogen (secondary N) is 1. The van der Waals surface area contributed by atoms with Gasteiger partial charge in [-0.2, -0.15) is 4.98 Å². The van der Waals surface area contributed by atoms with Crippen LogP contribution in [0.15, 0.2) is 30.5 Å². The minimum atomic E-state index is 0.322. The van der Waals surface area contributed by atoms with Crippen LogP contribution in [0.25, 0.3) is 0 Å². The monoisotopic (exact) mass is 384 g/mol. The summed E-state index contributed by atoms with van der Waals surface area (Å²) in [6, 6.07) is 8.20. The smallest absolute Gasteiger partial charge is 0.231 e. The van der Waals surface area contributed by atoms with Gasteiger partial charge in [-0.15, -0.1) is 0 Å². The molecule has 0 bridgehead atoms. The molecule has 0 amide bonds. The van der Waals surface area contributed by atoms with Crippen molar-refractivity contribution >= 4 is 11.8 Å². The van der Waals surface area contributed by atoms with Crippen LogP contribution in [0.2, 0.25) is 0 Å². The van der Waals surface area contributed by atoms with Gasteiger partial charge < -0.3 is 24.6 Å². The summed E-state index contributed by atoms with van der Waals surface area (Å²) in [6.45, 7) is 6.95. The Kier molecular flexibility index (Phi) is 5.78. The van der Waals surface area contributed by atoms with E-state index in [0.29, 0.717) is 12.7 Å². The van der Waals surface area contributed by atoms with E-state index in [1.165, 1.54) is 5.56 Å². The maximum Gasteiger partial charge on any atom is 0.231 e. The fraction of sp³-hybridized carbons (Fsp3) is 0.500. The number of piperazine rings is 1. The molecule has 8 heteroatoms. The first kappa shape index (κ1) is 18.8. The van der Waals surface area contributed by atoms with E-state index in [4.69, 9.17) is 9.47 Å². The van der Waals surface area contributed by atoms with Crippen molar-refractivity contribution in [3.63, 3.8) is 0 Å². The first-order valence-electron chi connectivity index (χ1n) is 9.75. The van der Waals surface area contributed by atoms with Gasteiger partial charge in [0.1, 0.15) is 5.82 Å². The molecule has 3 heterocycles. The van der Waals surface area contributed by atoms with Crippen LogP contribution in [0.1, 0.15) is 5.56 Å². The molecule has 1 saturated heterocycles. The van der Waals surface area contributed by atoms with E-state index in [9.17, 15) is 0 Å². The van der Waals surface area contributed by atoms with Crippen molar-refractivity contribution in [1.29, 1.82) is 0 Å². The standard InChI is InChI=1S/C20H28N6O2/c1-24(2)8-7-22-20-21-6-5-19(23-20)26-11-9-25(10-12-26)14-16-3-4-17-18(13-16)28-15-27-17/h3-6,13H,7-12,14-15H2,1-2H3,(H,21,22,23). The Labute approximate surface area is 166 Å². The molecule has 8 nitrogen and oxygen atoms in total. The minimum Gasteiger partial charge on any atom is -0.454 e. The maximum atomic E-state index is 5.48. The van der Waals surface area contributed by atoms with Crippen molar-refractivity contribution in [2.45, 2.75) is 6.54 Å². The third-order valence-electron chi connectivity index (χ3n) is 5.02. The van der Waals surface area contributed by atoms with Gasteiger partial charge in [-0.1, -0.05) is 6.07 Å². The van der Waals surface area contributed by atoms with Crippen molar-refractivity contribution in [2.24, 2.45) is 0 Å². The Balaban J connectivity index is 1.29. The van der Waals surface area contributed by atoms with Crippen molar-refractivity contribution in [3.8, 4) is 11.5 Å². The second kappa shape index (κ2) is 8.62. The first-order chi connectivity index (χ1) is 13.7. The van der Waals surface area contributed by atoms with Crippen LogP contribution >= 0.6 is 0 Å². The zero-order chi connectivity index (χ0) is 19.3. The minimum absolute atomic E-state index is 0.322. The molecule has 1 aromatic carbocycles. The van der Waals surface area contributed by atoms with Crippen LogP contribution in [0.4, 0.5) is 11.8 Å². The second-order valence-electron chi connectivity index (χ2n) is 7.42. The Morgan fingerprint density at radius 1 is 1.07 bits per heavy atom. The second-order valence-corrected chi connectivity index (χ2v) is 7.42. The lowest BCUT2D eigenvalue weighted by atomic mass is 10.1. The summed E-state index contributed by atoms with van der Waals surface area (Å²) in [6.07, 6.45) is 1.83. The summed E-state index contributed by atoms with van der Waals surface area (Å²) < 4.78 is 10.9. The van der Waals surface area contributed by atoms with E-state index in [1.807, 2.05) is 18.3 Å². The fourth-order valence-corrected chi connectivity index (χ4v) is 3.43. The van der Waals surface area contributed by atoms with Gasteiger partial charge in [-0.3, -0.25) is 4.90 Å². The molecule has 0 aliphatic carbocycles. The van der Waals surface area contributed by atoms with E-state index >= 15 is 0 Å². The highest BCUT2D eigenvalue weighted by atomic mass is 16.7. The Bertz CT molecular complexity index is 792. The summed E-state index contributed by atoms with van der Waals surface area (Å²) in [4.78, 5) is 15.9. The van der Waals surface area contributed by atoms with Gasteiger partial charge in [0, 0.05) is 52.0 Å². The quantitative estimate of drug-likeness (QED) is 0.771. The van der Waals surface area contributed by atoms with Crippen molar-refractivity contribution < 1.29 is 9.47 Å². The zero-order valence-corrected chi connectivity index (χ0v) is 16.6. The van der Waals surface area contributed by atoms with E-state index in [0.717, 1.165) is 63.1 Å². The van der Waals surface area contributed by atoms with Crippen LogP contribution in [0.5, 0.6) is 11.5 Å². The number of aromatic nitrogens is 2. The topological polar surface area (TPSA) is 66.0 Å². The molecular weight excluding hydrogens is 356 g/mol. The summed E-state index contributed by atoms with van der Waals surface area (Å²) in [5.74, 6) is 3.38. The van der Waals surface area contributed by atoms with E-state index in [-0.39, 0.29) is 0 Å². The number of nitrogens with zero attached hydrogens (tertiary/aromatic N) is 5. The van der Waals surface area contributed by atoms with Crippen LogP contribution in [-0.2, 0) is 6.54 Å². The summed E-state index contributed by atoms with van der Waals surface area (Å²) in [5.41, 5.74) is 1.26. The summed E-state index contributed by atoms with van der Waals surface area (Å²) in [5, 5.41) is 3.29. The molecule has 150 valence electrons. The van der Waals surface area contributed by atoms with Crippen LogP contribution in [-0.4, -0.2) is 79.9 Å². The van der Waals surface area contributed by atoms with Crippen molar-refractivity contribution in [3.05, 3.63) is 36.0 Å². The largest absolute Gasteiger partial charge is 0.454 e. The number of ether oxygens (including phenoxy) is 2. The van der Waals surface area contributed by atoms with Gasteiger partial charge in [0.25, 0.3) is 0 Å². The maximum absolute atomic E-state index is 5.48. The van der Waals surface area contributed by atoms with Crippen molar-refractivity contribution in [1.82, 2.24) is 19.8 Å². The molecule has 1 N–H and O–H groups in total. The fourth-order valence-electron chi connectivity index (χ4n) is 3.43. The molecule has 4 rings (SSSR count). The zero-order valence-electron chi connectivity index (χ0n) is 16.6. The lowest BCUT2D eigenvalue weighted by molar-refractivity contribution is 0.174. The highest BCUT2D eigenvalue weighted by Gasteiger charge is 2.20. The average molecular weight is 384 g/mol. The number of rotatable bonds is 7. The molecule has 2 aliphatic rings. The molecule has 0 radical (unpaired) electrons. The van der Waals surface area contributed by atoms with Gasteiger partial charge >= 0.3 is 0 Å². The molecule has 1 fully saturated rings. The number of fused-ring (bicyclic) bond motifs is 1. The number of hydrogen-bond donors (Lipinski definition) is 1. The molecule has 1 aromatic heterocycles. The van der Waals surface area contributed by atoms with Gasteiger partial charge in [-0.25, -0.2) is 4.98 Å².